The largest absolute Gasteiger partial charge is 0.463 e. The summed E-state index contributed by atoms with van der Waals surface area (Å²) < 4.78 is 70.1. The van der Waals surface area contributed by atoms with Crippen LogP contribution in [0.3, 0.4) is 0 Å². The number of ether oxygens (including phenoxy) is 6. The normalized spacial score (nSPS) is 8.97. The van der Waals surface area contributed by atoms with E-state index in [1.165, 1.54) is 102 Å². The average Bonchev–Trinajstić information content (AvgIpc) is 1.76. The van der Waals surface area contributed by atoms with Crippen LogP contribution < -0.4 is 10.6 Å². The molecule has 2 atom stereocenters. The Morgan fingerprint density at radius 1 is 0.561 bits per heavy atom. The standard InChI is InChI=1S/C5H12O2.C5H10O2.C5H10.C4H9NO.C4H9N.C4H10O.2C4H10.2C4H8.C3H7NO2S.C3H9N.C3H8O.C3H6O.C3H8S.5C3H8.2C3H6.2C2H7N.C2H5N.C2H6O.C2H6S.2C2H6.2CH3F.3CH4.H2O.H2S/c1-5(2,6-3)7-4;1-4(2)7-5(3)6;1-4-3-5(4)2;1-4(6)5(2)3;2*1-4(2)5-3;1-4(2)3;3*1-3-4-2;1-3-4-7(2,5)6;1-4(2)3;1-3-4-2;1-3(2)4;1-3-4-2;9*1-3-2;1-2-3;2*1-3-2;4*1-2;;;;;/h1-4H3;4H,1-3H3;4-5H,3H2,1-2H3;1-3H3;1-3H3;4H,1-3H3;4H,1-3H3;3-4H2,1-2H3;2*3-4H,1-2H3;3H,1-2H3;1-3H3;3H2,1-2H3;1-2H3;3H2,1-2H3;5*3H2,1-2H3;2*3H,1H2,2H3;2*3H,1-2H3;2-3H,1H3;2*1-2H3;2*1-2H3;2*1H3;3*1H4;2*1H2. The second-order valence-electron chi connectivity index (χ2n) is 24.5. The van der Waals surface area contributed by atoms with E-state index in [-0.39, 0.29) is 65.0 Å². The summed E-state index contributed by atoms with van der Waals surface area (Å²) in [6.45, 7) is 92.6. The molecule has 788 valence electrons. The highest BCUT2D eigenvalue weighted by Gasteiger charge is 2.26. The van der Waals surface area contributed by atoms with Gasteiger partial charge in [-0.15, -0.1) is 13.2 Å². The van der Waals surface area contributed by atoms with E-state index < -0.39 is 15.8 Å². The molecule has 1 amide bonds. The monoisotopic (exact) mass is 1880 g/mol. The van der Waals surface area contributed by atoms with Crippen LogP contribution >= 0.6 is 37.0 Å². The molecule has 25 heteroatoms. The van der Waals surface area contributed by atoms with Gasteiger partial charge in [0.2, 0.25) is 15.9 Å². The molecule has 2 unspecified atom stereocenters. The predicted molar refractivity (Wildman–Crippen MR) is 597 cm³/mol. The zero-order valence-corrected chi connectivity index (χ0v) is 97.7. The van der Waals surface area contributed by atoms with Crippen LogP contribution in [-0.2, 0) is 52.8 Å². The molecule has 0 aromatic rings. The first-order valence-corrected chi connectivity index (χ1v) is 47.0. The first-order chi connectivity index (χ1) is 54.5. The number of aliphatic imine (C=N–C) groups is 1. The van der Waals surface area contributed by atoms with E-state index in [1.807, 2.05) is 234 Å². The topological polar surface area (TPSA) is 251 Å². The van der Waals surface area contributed by atoms with E-state index in [0.29, 0.717) is 20.5 Å². The third-order valence-corrected chi connectivity index (χ3v) is 7.66. The van der Waals surface area contributed by atoms with Crippen molar-refractivity contribution in [3.8, 4) is 0 Å². The van der Waals surface area contributed by atoms with E-state index in [4.69, 9.17) is 19.6 Å². The number of alkyl halides is 2. The molecular formula is C98H251F2N7O12S4. The van der Waals surface area contributed by atoms with Crippen LogP contribution in [0.4, 0.5) is 8.78 Å². The summed E-state index contributed by atoms with van der Waals surface area (Å²) in [7, 11) is 26.5. The van der Waals surface area contributed by atoms with Crippen LogP contribution in [0.5, 0.6) is 0 Å². The number of nitrogens with one attached hydrogen (secondary N) is 3. The summed E-state index contributed by atoms with van der Waals surface area (Å²) in [5.74, 6) is 3.80. The minimum absolute atomic E-state index is 0. The lowest BCUT2D eigenvalue weighted by molar-refractivity contribution is -0.178. The van der Waals surface area contributed by atoms with Crippen molar-refractivity contribution in [2.75, 3.05) is 165 Å². The van der Waals surface area contributed by atoms with Crippen molar-refractivity contribution >= 4 is 82.8 Å². The first-order valence-electron chi connectivity index (χ1n) is 42.2. The molecule has 5 N–H and O–H groups in total. The van der Waals surface area contributed by atoms with Crippen LogP contribution in [-0.4, -0.2) is 242 Å². The Balaban J connectivity index is -0.0000000198. The maximum atomic E-state index is 10.1. The van der Waals surface area contributed by atoms with Gasteiger partial charge in [-0.25, -0.2) is 8.42 Å². The maximum absolute atomic E-state index is 10.1. The second kappa shape index (κ2) is 320. The number of Topliss-reactive ketones (excluding diaryl/α,β-unsaturated/α-hetero) is 1. The zero-order valence-electron chi connectivity index (χ0n) is 94.3. The number of hydrogen-bond acceptors (Lipinski definition) is 18. The smallest absolute Gasteiger partial charge is 0.302 e. The molecule has 0 spiro atoms. The molecule has 19 nitrogen and oxygen atoms in total. The molecular weight excluding hydrogens is 1630 g/mol. The summed E-state index contributed by atoms with van der Waals surface area (Å²) in [5.41, 5.74) is 1.13. The van der Waals surface area contributed by atoms with Crippen molar-refractivity contribution in [2.45, 2.75) is 389 Å². The molecule has 1 saturated carbocycles. The van der Waals surface area contributed by atoms with Crippen LogP contribution in [0.25, 0.3) is 0 Å². The molecule has 0 aromatic heterocycles. The fourth-order valence-corrected chi connectivity index (χ4v) is 1.50. The van der Waals surface area contributed by atoms with Gasteiger partial charge in [-0.05, 0) is 236 Å². The van der Waals surface area contributed by atoms with Crippen LogP contribution in [0.15, 0.2) is 59.0 Å². The quantitative estimate of drug-likeness (QED) is 0.0884. The number of ketones is 1. The van der Waals surface area contributed by atoms with Gasteiger partial charge in [0, 0.05) is 96.2 Å². The van der Waals surface area contributed by atoms with Crippen molar-refractivity contribution in [1.29, 1.82) is 5.41 Å². The summed E-state index contributed by atoms with van der Waals surface area (Å²) in [6, 6.07) is 0. The minimum atomic E-state index is -3.10. The zero-order chi connectivity index (χ0) is 104. The molecule has 1 aliphatic carbocycles. The van der Waals surface area contributed by atoms with Gasteiger partial charge in [0.25, 0.3) is 0 Å². The Hall–Kier alpha value is -2.92. The molecule has 123 heavy (non-hydrogen) atoms. The number of amides is 1. The van der Waals surface area contributed by atoms with Gasteiger partial charge in [0.05, 0.1) is 32.8 Å². The van der Waals surface area contributed by atoms with Gasteiger partial charge >= 0.3 is 5.97 Å². The van der Waals surface area contributed by atoms with E-state index >= 15 is 0 Å². The number of allylic oxidation sites excluding steroid dienone is 6. The third-order valence-electron chi connectivity index (χ3n) is 6.49. The molecule has 0 bridgehead atoms. The molecule has 0 saturated heterocycles. The Labute approximate surface area is 800 Å². The molecule has 0 heterocycles. The average molecular weight is 1890 g/mol. The van der Waals surface area contributed by atoms with Crippen molar-refractivity contribution < 1.29 is 65.5 Å². The maximum Gasteiger partial charge on any atom is 0.302 e. The number of thioether (sulfide) groups is 2. The molecule has 0 aliphatic heterocycles. The number of sulfonamides is 1. The highest BCUT2D eigenvalue weighted by atomic mass is 32.2. The van der Waals surface area contributed by atoms with Crippen LogP contribution in [0.2, 0.25) is 0 Å². The number of esters is 1. The highest BCUT2D eigenvalue weighted by molar-refractivity contribution is 7.98. The van der Waals surface area contributed by atoms with Gasteiger partial charge in [0.15, 0.2) is 5.79 Å². The summed E-state index contributed by atoms with van der Waals surface area (Å²) in [5, 5.41) is 11.6. The fourth-order valence-electron chi connectivity index (χ4n) is 1.11. The SMILES string of the molecule is C.C.C.C=CC.C=CC.CC.CC.CC(=O)N(C)C.CC(=O)OC(C)C.CC(C)=O.CC(C)C.CC1CC1C.CC=CC.CC=CC.CC=N.CC=NS(C)(=O)=O.CCC.CCC.CCC.CCC.CCC.CCCC.CCOC.CCSC.CF.CF.CN(C)C.CN=C(C)C.CNC.CNC.COC.COC(C)(C)OC.COC(C)C.CSC.O.S. The lowest BCUT2D eigenvalue weighted by Crippen LogP contribution is -2.24. The van der Waals surface area contributed by atoms with Crippen molar-refractivity contribution in [3.05, 3.63) is 49.6 Å². The van der Waals surface area contributed by atoms with Crippen molar-refractivity contribution in [2.24, 2.45) is 27.1 Å². The van der Waals surface area contributed by atoms with Gasteiger partial charge in [-0.3, -0.25) is 23.4 Å². The number of carbonyl (C=O) groups excluding carboxylic acids is 3. The second-order valence-corrected chi connectivity index (χ2v) is 28.2. The Morgan fingerprint density at radius 3 is 0.691 bits per heavy atom. The molecule has 1 rings (SSSR count). The molecule has 0 radical (unpaired) electrons. The minimum Gasteiger partial charge on any atom is -0.463 e. The summed E-state index contributed by atoms with van der Waals surface area (Å²) in [4.78, 5) is 36.9. The van der Waals surface area contributed by atoms with Gasteiger partial charge in [-0.2, -0.15) is 41.4 Å². The van der Waals surface area contributed by atoms with E-state index in [0.717, 1.165) is 36.3 Å². The Morgan fingerprint density at radius 2 is 0.691 bits per heavy atom. The Kier molecular flexibility index (Phi) is 611. The fraction of sp³-hybridized carbons (Fsp3) is 0.857. The Bertz CT molecular complexity index is 1470. The van der Waals surface area contributed by atoms with Gasteiger partial charge in [-0.1, -0.05) is 256 Å². The number of hydrogen-bond donors (Lipinski definition) is 3. The van der Waals surface area contributed by atoms with Crippen molar-refractivity contribution in [1.82, 2.24) is 20.4 Å². The van der Waals surface area contributed by atoms with Crippen LogP contribution in [0, 0.1) is 23.2 Å². The van der Waals surface area contributed by atoms with Crippen LogP contribution in [0.1, 0.15) is 371 Å². The van der Waals surface area contributed by atoms with Crippen molar-refractivity contribution in [3.63, 3.8) is 0 Å². The van der Waals surface area contributed by atoms with E-state index in [1.54, 1.807) is 102 Å². The van der Waals surface area contributed by atoms with E-state index in [2.05, 4.69) is 178 Å². The number of unbranched alkanes of at least 4 members (excludes halogenated alkanes) is 1. The summed E-state index contributed by atoms with van der Waals surface area (Å²) in [6.07, 6.45) is 32.0. The number of rotatable bonds is 8. The van der Waals surface area contributed by atoms with E-state index in [9.17, 15) is 31.6 Å². The number of nitrogens with zero attached hydrogens (tertiary/aromatic N) is 4. The molecule has 0 aromatic carbocycles. The molecule has 1 aliphatic rings. The summed E-state index contributed by atoms with van der Waals surface area (Å²) >= 11 is 3.61. The van der Waals surface area contributed by atoms with Gasteiger partial charge in [0.1, 0.15) is 5.78 Å². The number of carbonyl (C=O) groups is 3. The molecule has 1 fully saturated rings. The lowest BCUT2D eigenvalue weighted by atomic mass is 10.3. The third kappa shape index (κ3) is 1800. The number of halogens is 2. The predicted octanol–water partition coefficient (Wildman–Crippen LogP) is 30.8. The highest BCUT2D eigenvalue weighted by Crippen LogP contribution is 2.36. The number of methoxy groups -OCH3 is 5. The van der Waals surface area contributed by atoms with Gasteiger partial charge < -0.3 is 64.5 Å². The lowest BCUT2D eigenvalue weighted by Gasteiger charge is -2.19. The first kappa shape index (κ1) is 235.